The van der Waals surface area contributed by atoms with Gasteiger partial charge < -0.3 is 14.0 Å². The number of esters is 2. The number of methoxy groups -OCH3 is 1. The number of ether oxygens (including phenoxy) is 2. The standard InChI is InChI=1S/C23H25N3O5/c1-13-10-18(16(4)26(13)9-8-22(28)30-5)21(27)12-31-23(29)17-6-7-19-20(11-17)25-15(3)14(2)24-19/h6-7,10-11H,8-9,12H2,1-5H3. The highest BCUT2D eigenvalue weighted by molar-refractivity contribution is 6.01. The zero-order valence-electron chi connectivity index (χ0n) is 18.3. The number of carbonyl (C=O) groups excluding carboxylic acids is 3. The molecule has 0 saturated carbocycles. The minimum absolute atomic E-state index is 0.208. The fraction of sp³-hybridized carbons (Fsp3) is 0.348. The molecule has 0 fully saturated rings. The summed E-state index contributed by atoms with van der Waals surface area (Å²) in [5, 5.41) is 0. The summed E-state index contributed by atoms with van der Waals surface area (Å²) in [7, 11) is 1.34. The fourth-order valence-electron chi connectivity index (χ4n) is 3.38. The SMILES string of the molecule is COC(=O)CCn1c(C)cc(C(=O)COC(=O)c2ccc3nc(C)c(C)nc3c2)c1C. The zero-order chi connectivity index (χ0) is 22.7. The first-order chi connectivity index (χ1) is 14.7. The van der Waals surface area contributed by atoms with Gasteiger partial charge in [0.15, 0.2) is 6.61 Å². The van der Waals surface area contributed by atoms with E-state index >= 15 is 0 Å². The molecule has 0 amide bonds. The van der Waals surface area contributed by atoms with Crippen molar-refractivity contribution in [1.82, 2.24) is 14.5 Å². The summed E-state index contributed by atoms with van der Waals surface area (Å²) >= 11 is 0. The molecule has 8 heteroatoms. The second kappa shape index (κ2) is 9.07. The normalized spacial score (nSPS) is 10.9. The Hall–Kier alpha value is -3.55. The Morgan fingerprint density at radius 1 is 0.968 bits per heavy atom. The number of carbonyl (C=O) groups is 3. The number of ketones is 1. The number of aryl methyl sites for hydroxylation is 3. The Kier molecular flexibility index (Phi) is 6.48. The van der Waals surface area contributed by atoms with Crippen LogP contribution in [-0.2, 0) is 20.8 Å². The van der Waals surface area contributed by atoms with E-state index in [0.29, 0.717) is 34.4 Å². The molecule has 31 heavy (non-hydrogen) atoms. The van der Waals surface area contributed by atoms with E-state index in [-0.39, 0.29) is 24.8 Å². The molecule has 0 spiro atoms. The first kappa shape index (κ1) is 22.1. The van der Waals surface area contributed by atoms with Gasteiger partial charge in [-0.3, -0.25) is 9.59 Å². The quantitative estimate of drug-likeness (QED) is 0.425. The van der Waals surface area contributed by atoms with Crippen LogP contribution in [0.5, 0.6) is 0 Å². The van der Waals surface area contributed by atoms with Crippen LogP contribution in [0.1, 0.15) is 49.9 Å². The number of benzene rings is 1. The van der Waals surface area contributed by atoms with Crippen LogP contribution in [0, 0.1) is 27.7 Å². The van der Waals surface area contributed by atoms with Crippen LogP contribution in [-0.4, -0.2) is 46.0 Å². The first-order valence-corrected chi connectivity index (χ1v) is 9.90. The lowest BCUT2D eigenvalue weighted by Gasteiger charge is -2.09. The Bertz CT molecular complexity index is 1180. The Morgan fingerprint density at radius 2 is 1.65 bits per heavy atom. The molecule has 2 aromatic heterocycles. The summed E-state index contributed by atoms with van der Waals surface area (Å²) in [4.78, 5) is 45.4. The number of fused-ring (bicyclic) bond motifs is 1. The minimum Gasteiger partial charge on any atom is -0.469 e. The smallest absolute Gasteiger partial charge is 0.338 e. The topological polar surface area (TPSA) is 100 Å². The molecule has 0 N–H and O–H groups in total. The van der Waals surface area contributed by atoms with Gasteiger partial charge in [0.25, 0.3) is 0 Å². The molecule has 0 aliphatic rings. The molecule has 0 aliphatic heterocycles. The Balaban J connectivity index is 1.69. The van der Waals surface area contributed by atoms with E-state index in [0.717, 1.165) is 17.1 Å². The molecule has 0 radical (unpaired) electrons. The molecule has 162 valence electrons. The molecule has 2 heterocycles. The van der Waals surface area contributed by atoms with Gasteiger partial charge in [-0.05, 0) is 52.0 Å². The Labute approximate surface area is 180 Å². The van der Waals surface area contributed by atoms with Gasteiger partial charge in [-0.15, -0.1) is 0 Å². The summed E-state index contributed by atoms with van der Waals surface area (Å²) in [5.74, 6) is -1.23. The van der Waals surface area contributed by atoms with Crippen LogP contribution >= 0.6 is 0 Å². The summed E-state index contributed by atoms with van der Waals surface area (Å²) in [6.07, 6.45) is 0.208. The highest BCUT2D eigenvalue weighted by Crippen LogP contribution is 2.18. The maximum Gasteiger partial charge on any atom is 0.338 e. The third kappa shape index (κ3) is 4.79. The van der Waals surface area contributed by atoms with E-state index in [4.69, 9.17) is 4.74 Å². The second-order valence-electron chi connectivity index (χ2n) is 7.36. The van der Waals surface area contributed by atoms with Crippen molar-refractivity contribution < 1.29 is 23.9 Å². The van der Waals surface area contributed by atoms with E-state index in [1.807, 2.05) is 25.3 Å². The number of hydrogen-bond acceptors (Lipinski definition) is 7. The van der Waals surface area contributed by atoms with Crippen LogP contribution < -0.4 is 0 Å². The largest absolute Gasteiger partial charge is 0.469 e. The fourth-order valence-corrected chi connectivity index (χ4v) is 3.38. The predicted octanol–water partition coefficient (Wildman–Crippen LogP) is 3.27. The van der Waals surface area contributed by atoms with Crippen LogP contribution in [0.3, 0.4) is 0 Å². The number of aromatic nitrogens is 3. The molecule has 0 saturated heterocycles. The lowest BCUT2D eigenvalue weighted by molar-refractivity contribution is -0.140. The lowest BCUT2D eigenvalue weighted by atomic mass is 10.1. The van der Waals surface area contributed by atoms with Crippen molar-refractivity contribution in [3.8, 4) is 0 Å². The van der Waals surface area contributed by atoms with Crippen molar-refractivity contribution >= 4 is 28.8 Å². The minimum atomic E-state index is -0.602. The van der Waals surface area contributed by atoms with Crippen LogP contribution in [0.4, 0.5) is 0 Å². The lowest BCUT2D eigenvalue weighted by Crippen LogP contribution is -2.15. The van der Waals surface area contributed by atoms with E-state index in [1.165, 1.54) is 7.11 Å². The van der Waals surface area contributed by atoms with Gasteiger partial charge in [-0.25, -0.2) is 14.8 Å². The van der Waals surface area contributed by atoms with Gasteiger partial charge in [0.2, 0.25) is 5.78 Å². The van der Waals surface area contributed by atoms with E-state index in [1.54, 1.807) is 31.2 Å². The van der Waals surface area contributed by atoms with Gasteiger partial charge >= 0.3 is 11.9 Å². The Morgan fingerprint density at radius 3 is 2.32 bits per heavy atom. The van der Waals surface area contributed by atoms with Crippen molar-refractivity contribution in [2.45, 2.75) is 40.7 Å². The molecular formula is C23H25N3O5. The molecule has 0 bridgehead atoms. The van der Waals surface area contributed by atoms with E-state index < -0.39 is 5.97 Å². The van der Waals surface area contributed by atoms with Gasteiger partial charge in [-0.1, -0.05) is 0 Å². The van der Waals surface area contributed by atoms with Crippen molar-refractivity contribution in [3.63, 3.8) is 0 Å². The van der Waals surface area contributed by atoms with E-state index in [2.05, 4.69) is 14.7 Å². The first-order valence-electron chi connectivity index (χ1n) is 9.90. The number of hydrogen-bond donors (Lipinski definition) is 0. The average molecular weight is 423 g/mol. The summed E-state index contributed by atoms with van der Waals surface area (Å²) < 4.78 is 11.8. The predicted molar refractivity (Wildman–Crippen MR) is 114 cm³/mol. The maximum atomic E-state index is 12.7. The average Bonchev–Trinajstić information content (AvgIpc) is 3.03. The van der Waals surface area contributed by atoms with Gasteiger partial charge in [0, 0.05) is 23.5 Å². The number of rotatable bonds is 7. The molecule has 0 aliphatic carbocycles. The van der Waals surface area contributed by atoms with Crippen molar-refractivity contribution in [3.05, 3.63) is 58.2 Å². The summed E-state index contributed by atoms with van der Waals surface area (Å²) in [5.41, 5.74) is 5.23. The number of Topliss-reactive ketones (excluding diaryl/α,β-unsaturated/α-hetero) is 1. The van der Waals surface area contributed by atoms with Crippen molar-refractivity contribution in [2.24, 2.45) is 0 Å². The monoisotopic (exact) mass is 423 g/mol. The van der Waals surface area contributed by atoms with E-state index in [9.17, 15) is 14.4 Å². The summed E-state index contributed by atoms with van der Waals surface area (Å²) in [6.45, 7) is 7.42. The van der Waals surface area contributed by atoms with Crippen molar-refractivity contribution in [1.29, 1.82) is 0 Å². The highest BCUT2D eigenvalue weighted by atomic mass is 16.5. The highest BCUT2D eigenvalue weighted by Gasteiger charge is 2.19. The van der Waals surface area contributed by atoms with Crippen LogP contribution in [0.25, 0.3) is 11.0 Å². The van der Waals surface area contributed by atoms with Gasteiger partial charge in [0.1, 0.15) is 0 Å². The van der Waals surface area contributed by atoms with Crippen molar-refractivity contribution in [2.75, 3.05) is 13.7 Å². The van der Waals surface area contributed by atoms with Crippen LogP contribution in [0.2, 0.25) is 0 Å². The molecule has 3 aromatic rings. The molecule has 3 rings (SSSR count). The molecule has 8 nitrogen and oxygen atoms in total. The number of nitrogens with zero attached hydrogens (tertiary/aromatic N) is 3. The molecule has 0 atom stereocenters. The molecule has 1 aromatic carbocycles. The summed E-state index contributed by atoms with van der Waals surface area (Å²) in [6, 6.07) is 6.67. The van der Waals surface area contributed by atoms with Crippen LogP contribution in [0.15, 0.2) is 24.3 Å². The molecular weight excluding hydrogens is 398 g/mol. The third-order valence-corrected chi connectivity index (χ3v) is 5.29. The third-order valence-electron chi connectivity index (χ3n) is 5.29. The second-order valence-corrected chi connectivity index (χ2v) is 7.36. The maximum absolute atomic E-state index is 12.7. The van der Waals surface area contributed by atoms with Gasteiger partial charge in [-0.2, -0.15) is 0 Å². The zero-order valence-corrected chi connectivity index (χ0v) is 18.3. The molecule has 0 unspecified atom stereocenters. The van der Waals surface area contributed by atoms with Gasteiger partial charge in [0.05, 0.1) is 41.5 Å².